The third kappa shape index (κ3) is 4.13. The molecule has 0 unspecified atom stereocenters. The van der Waals surface area contributed by atoms with Crippen molar-refractivity contribution in [1.82, 2.24) is 0 Å². The molecule has 1 saturated carbocycles. The highest BCUT2D eigenvalue weighted by Gasteiger charge is 2.22. The number of methoxy groups -OCH3 is 1. The van der Waals surface area contributed by atoms with Gasteiger partial charge in [-0.2, -0.15) is 8.78 Å². The van der Waals surface area contributed by atoms with Gasteiger partial charge in [-0.05, 0) is 48.6 Å². The summed E-state index contributed by atoms with van der Waals surface area (Å²) in [6.45, 7) is 0.853. The van der Waals surface area contributed by atoms with Crippen molar-refractivity contribution in [1.29, 1.82) is 0 Å². The van der Waals surface area contributed by atoms with Crippen molar-refractivity contribution in [2.45, 2.75) is 31.6 Å². The Morgan fingerprint density at radius 2 is 1.79 bits per heavy atom. The molecule has 0 saturated heterocycles. The average Bonchev–Trinajstić information content (AvgIpc) is 2.40. The van der Waals surface area contributed by atoms with E-state index in [1.54, 1.807) is 19.2 Å². The molecule has 1 nitrogen and oxygen atoms in total. The molecule has 1 aromatic rings. The molecule has 0 aliphatic heterocycles. The topological polar surface area (TPSA) is 9.23 Å². The van der Waals surface area contributed by atoms with Crippen LogP contribution in [0, 0.1) is 5.92 Å². The van der Waals surface area contributed by atoms with Crippen LogP contribution in [0.3, 0.4) is 0 Å². The van der Waals surface area contributed by atoms with Crippen LogP contribution in [0.2, 0.25) is 0 Å². The summed E-state index contributed by atoms with van der Waals surface area (Å²) >= 11 is 0. The number of benzene rings is 1. The van der Waals surface area contributed by atoms with Gasteiger partial charge in [0.1, 0.15) is 0 Å². The second kappa shape index (κ2) is 6.80. The number of hydrogen-bond donors (Lipinski definition) is 0. The van der Waals surface area contributed by atoms with Crippen LogP contribution in [-0.4, -0.2) is 13.7 Å². The third-order valence-corrected chi connectivity index (χ3v) is 3.93. The maximum absolute atomic E-state index is 12.1. The second-order valence-electron chi connectivity index (χ2n) is 5.27. The Kier molecular flexibility index (Phi) is 5.08. The minimum absolute atomic E-state index is 0.566. The zero-order valence-electron chi connectivity index (χ0n) is 11.2. The normalized spacial score (nSPS) is 23.1. The maximum Gasteiger partial charge on any atom is 0.270 e. The van der Waals surface area contributed by atoms with Gasteiger partial charge in [-0.3, -0.25) is 0 Å². The van der Waals surface area contributed by atoms with Gasteiger partial charge in [0.15, 0.2) is 0 Å². The molecule has 104 valence electrons. The summed E-state index contributed by atoms with van der Waals surface area (Å²) < 4.78 is 29.5. The molecule has 1 aliphatic rings. The average molecular weight is 266 g/mol. The number of halogens is 2. The Bertz CT molecular complexity index is 413. The highest BCUT2D eigenvalue weighted by molar-refractivity contribution is 5.50. The van der Waals surface area contributed by atoms with Crippen molar-refractivity contribution in [3.8, 4) is 0 Å². The van der Waals surface area contributed by atoms with Crippen molar-refractivity contribution in [3.05, 3.63) is 41.5 Å². The summed E-state index contributed by atoms with van der Waals surface area (Å²) in [5, 5.41) is 0. The van der Waals surface area contributed by atoms with Gasteiger partial charge >= 0.3 is 0 Å². The molecule has 0 spiro atoms. The summed E-state index contributed by atoms with van der Waals surface area (Å²) in [4.78, 5) is 0. The molecule has 1 fully saturated rings. The second-order valence-corrected chi connectivity index (χ2v) is 5.27. The molecular weight excluding hydrogens is 246 g/mol. The predicted molar refractivity (Wildman–Crippen MR) is 73.2 cm³/mol. The third-order valence-electron chi connectivity index (χ3n) is 3.93. The Morgan fingerprint density at radius 3 is 2.32 bits per heavy atom. The van der Waals surface area contributed by atoms with Gasteiger partial charge in [-0.25, -0.2) is 0 Å². The van der Waals surface area contributed by atoms with Crippen LogP contribution in [-0.2, 0) is 4.74 Å². The van der Waals surface area contributed by atoms with E-state index in [0.717, 1.165) is 12.7 Å². The van der Waals surface area contributed by atoms with E-state index in [4.69, 9.17) is 4.74 Å². The first-order chi connectivity index (χ1) is 9.19. The van der Waals surface area contributed by atoms with E-state index in [1.165, 1.54) is 31.2 Å². The highest BCUT2D eigenvalue weighted by Crippen LogP contribution is 2.35. The number of rotatable bonds is 4. The van der Waals surface area contributed by atoms with Crippen LogP contribution < -0.4 is 0 Å². The highest BCUT2D eigenvalue weighted by atomic mass is 19.3. The zero-order chi connectivity index (χ0) is 13.7. The molecule has 0 atom stereocenters. The number of hydrogen-bond acceptors (Lipinski definition) is 1. The molecular formula is C16H20F2O. The summed E-state index contributed by atoms with van der Waals surface area (Å²) in [6.07, 6.45) is 3.98. The summed E-state index contributed by atoms with van der Waals surface area (Å²) in [7, 11) is 1.75. The van der Waals surface area contributed by atoms with Gasteiger partial charge in [0.05, 0.1) is 0 Å². The van der Waals surface area contributed by atoms with Crippen molar-refractivity contribution in [3.63, 3.8) is 0 Å². The SMILES string of the molecule is COC[C@H]1CC[C@H](c2ccc(C=C(F)F)cc2)CC1. The van der Waals surface area contributed by atoms with Gasteiger partial charge in [0, 0.05) is 19.8 Å². The van der Waals surface area contributed by atoms with Crippen LogP contribution in [0.4, 0.5) is 8.78 Å². The van der Waals surface area contributed by atoms with Gasteiger partial charge in [-0.1, -0.05) is 24.3 Å². The molecule has 2 rings (SSSR count). The van der Waals surface area contributed by atoms with Crippen molar-refractivity contribution in [2.24, 2.45) is 5.92 Å². The van der Waals surface area contributed by atoms with E-state index >= 15 is 0 Å². The van der Waals surface area contributed by atoms with E-state index in [9.17, 15) is 8.78 Å². The van der Waals surface area contributed by atoms with Crippen LogP contribution >= 0.6 is 0 Å². The number of ether oxygens (including phenoxy) is 1. The monoisotopic (exact) mass is 266 g/mol. The molecule has 0 radical (unpaired) electrons. The molecule has 1 aliphatic carbocycles. The van der Waals surface area contributed by atoms with Crippen LogP contribution in [0.5, 0.6) is 0 Å². The fraction of sp³-hybridized carbons (Fsp3) is 0.500. The van der Waals surface area contributed by atoms with Gasteiger partial charge in [0.2, 0.25) is 0 Å². The maximum atomic E-state index is 12.1. The lowest BCUT2D eigenvalue weighted by atomic mass is 9.79. The molecule has 0 amide bonds. The van der Waals surface area contributed by atoms with Gasteiger partial charge in [-0.15, -0.1) is 0 Å². The molecule has 0 N–H and O–H groups in total. The van der Waals surface area contributed by atoms with E-state index in [2.05, 4.69) is 0 Å². The Morgan fingerprint density at radius 1 is 1.16 bits per heavy atom. The largest absolute Gasteiger partial charge is 0.384 e. The molecule has 19 heavy (non-hydrogen) atoms. The summed E-state index contributed by atoms with van der Waals surface area (Å²) in [5.41, 5.74) is 1.84. The van der Waals surface area contributed by atoms with Gasteiger partial charge in [0.25, 0.3) is 6.08 Å². The van der Waals surface area contributed by atoms with E-state index in [0.29, 0.717) is 17.4 Å². The Balaban J connectivity index is 1.94. The minimum atomic E-state index is -1.65. The lowest BCUT2D eigenvalue weighted by molar-refractivity contribution is 0.127. The predicted octanol–water partition coefficient (Wildman–Crippen LogP) is 4.84. The summed E-state index contributed by atoms with van der Waals surface area (Å²) in [6, 6.07) is 7.51. The van der Waals surface area contributed by atoms with Crippen molar-refractivity contribution < 1.29 is 13.5 Å². The first kappa shape index (κ1) is 14.2. The molecule has 0 bridgehead atoms. The lowest BCUT2D eigenvalue weighted by Crippen LogP contribution is -2.17. The Hall–Kier alpha value is -1.22. The fourth-order valence-corrected chi connectivity index (χ4v) is 2.89. The smallest absolute Gasteiger partial charge is 0.270 e. The fourth-order valence-electron chi connectivity index (χ4n) is 2.89. The first-order valence-corrected chi connectivity index (χ1v) is 6.80. The lowest BCUT2D eigenvalue weighted by Gasteiger charge is -2.28. The molecule has 3 heteroatoms. The first-order valence-electron chi connectivity index (χ1n) is 6.80. The standard InChI is InChI=1S/C16H20F2O/c1-19-11-13-4-8-15(9-5-13)14-6-2-12(3-7-14)10-16(17)18/h2-3,6-7,10,13,15H,4-5,8-9,11H2,1H3/t13-,15-. The van der Waals surface area contributed by atoms with E-state index in [-0.39, 0.29) is 0 Å². The van der Waals surface area contributed by atoms with Crippen molar-refractivity contribution >= 4 is 6.08 Å². The minimum Gasteiger partial charge on any atom is -0.384 e. The van der Waals surface area contributed by atoms with E-state index in [1.807, 2.05) is 12.1 Å². The van der Waals surface area contributed by atoms with Gasteiger partial charge < -0.3 is 4.74 Å². The van der Waals surface area contributed by atoms with Crippen LogP contribution in [0.15, 0.2) is 30.3 Å². The van der Waals surface area contributed by atoms with Crippen LogP contribution in [0.25, 0.3) is 6.08 Å². The Labute approximate surface area is 113 Å². The molecule has 0 heterocycles. The molecule has 0 aromatic heterocycles. The molecule has 1 aromatic carbocycles. The summed E-state index contributed by atoms with van der Waals surface area (Å²) in [5.74, 6) is 1.26. The van der Waals surface area contributed by atoms with Crippen LogP contribution in [0.1, 0.15) is 42.7 Å². The van der Waals surface area contributed by atoms with Crippen molar-refractivity contribution in [2.75, 3.05) is 13.7 Å². The van der Waals surface area contributed by atoms with E-state index < -0.39 is 6.08 Å². The quantitative estimate of drug-likeness (QED) is 0.757. The zero-order valence-corrected chi connectivity index (χ0v) is 11.2.